The van der Waals surface area contributed by atoms with Gasteiger partial charge in [0, 0.05) is 30.9 Å². The molecule has 1 atom stereocenters. The van der Waals surface area contributed by atoms with Gasteiger partial charge >= 0.3 is 0 Å². The van der Waals surface area contributed by atoms with Crippen LogP contribution in [0.25, 0.3) is 0 Å². The Morgan fingerprint density at radius 2 is 1.78 bits per heavy atom. The second-order valence-electron chi connectivity index (χ2n) is 4.52. The van der Waals surface area contributed by atoms with Crippen molar-refractivity contribution in [3.05, 3.63) is 35.4 Å². The zero-order valence-corrected chi connectivity index (χ0v) is 12.8. The second kappa shape index (κ2) is 8.27. The Bertz CT molecular complexity index is 351. The molecule has 0 saturated heterocycles. The molecular formula is C14H20Cl3N. The molecule has 1 aromatic carbocycles. The molecule has 0 aliphatic heterocycles. The minimum absolute atomic E-state index is 0. The third-order valence-electron chi connectivity index (χ3n) is 3.52. The molecule has 1 nitrogen and oxygen atoms in total. The number of hydrogen-bond donors (Lipinski definition) is 0. The molecule has 0 amide bonds. The summed E-state index contributed by atoms with van der Waals surface area (Å²) in [6, 6.07) is 9.29. The molecule has 1 unspecified atom stereocenters. The van der Waals surface area contributed by atoms with Gasteiger partial charge < -0.3 is 0 Å². The van der Waals surface area contributed by atoms with Gasteiger partial charge in [0.2, 0.25) is 0 Å². The topological polar surface area (TPSA) is 3.24 Å². The van der Waals surface area contributed by atoms with Crippen LogP contribution in [0.3, 0.4) is 0 Å². The summed E-state index contributed by atoms with van der Waals surface area (Å²) in [5.41, 5.74) is 2.98. The zero-order chi connectivity index (χ0) is 12.1. The summed E-state index contributed by atoms with van der Waals surface area (Å²) in [4.78, 5) is 2.43. The Hall–Kier alpha value is 0.0500. The Labute approximate surface area is 126 Å². The molecule has 1 aliphatic rings. The normalized spacial score (nSPS) is 18.3. The lowest BCUT2D eigenvalue weighted by molar-refractivity contribution is 0.200. The number of rotatable bonds is 5. The van der Waals surface area contributed by atoms with Crippen LogP contribution >= 0.6 is 35.6 Å². The van der Waals surface area contributed by atoms with E-state index >= 15 is 0 Å². The van der Waals surface area contributed by atoms with E-state index in [1.54, 1.807) is 0 Å². The predicted molar refractivity (Wildman–Crippen MR) is 82.4 cm³/mol. The van der Waals surface area contributed by atoms with Crippen LogP contribution < -0.4 is 0 Å². The fourth-order valence-electron chi connectivity index (χ4n) is 2.75. The fourth-order valence-corrected chi connectivity index (χ4v) is 3.18. The van der Waals surface area contributed by atoms with Crippen LogP contribution in [0.1, 0.15) is 30.0 Å². The average Bonchev–Trinajstić information content (AvgIpc) is 2.38. The minimum Gasteiger partial charge on any atom is -0.294 e. The number of hydrogen-bond acceptors (Lipinski definition) is 1. The van der Waals surface area contributed by atoms with Gasteiger partial charge in [0.1, 0.15) is 0 Å². The third-order valence-corrected chi connectivity index (χ3v) is 3.86. The molecule has 0 aromatic heterocycles. The molecule has 0 spiro atoms. The molecule has 0 heterocycles. The van der Waals surface area contributed by atoms with Gasteiger partial charge in [-0.3, -0.25) is 4.90 Å². The number of aryl methyl sites for hydroxylation is 1. The second-order valence-corrected chi connectivity index (χ2v) is 5.28. The van der Waals surface area contributed by atoms with Crippen LogP contribution in [0.15, 0.2) is 24.3 Å². The first-order chi connectivity index (χ1) is 8.36. The number of benzene rings is 1. The molecule has 18 heavy (non-hydrogen) atoms. The Morgan fingerprint density at radius 3 is 2.44 bits per heavy atom. The van der Waals surface area contributed by atoms with E-state index in [2.05, 4.69) is 29.2 Å². The summed E-state index contributed by atoms with van der Waals surface area (Å²) in [5.74, 6) is 1.35. The monoisotopic (exact) mass is 307 g/mol. The summed E-state index contributed by atoms with van der Waals surface area (Å²) in [6.07, 6.45) is 3.70. The maximum atomic E-state index is 5.89. The average molecular weight is 309 g/mol. The highest BCUT2D eigenvalue weighted by molar-refractivity contribution is 6.18. The maximum Gasteiger partial charge on any atom is 0.0351 e. The van der Waals surface area contributed by atoms with Crippen molar-refractivity contribution in [1.29, 1.82) is 0 Å². The molecule has 0 saturated carbocycles. The van der Waals surface area contributed by atoms with E-state index in [9.17, 15) is 0 Å². The van der Waals surface area contributed by atoms with Crippen molar-refractivity contribution in [3.63, 3.8) is 0 Å². The van der Waals surface area contributed by atoms with Gasteiger partial charge in [-0.2, -0.15) is 0 Å². The molecule has 0 N–H and O–H groups in total. The Kier molecular flexibility index (Phi) is 7.40. The van der Waals surface area contributed by atoms with E-state index < -0.39 is 0 Å². The summed E-state index contributed by atoms with van der Waals surface area (Å²) < 4.78 is 0. The highest BCUT2D eigenvalue weighted by atomic mass is 35.5. The number of nitrogens with zero attached hydrogens (tertiary/aromatic N) is 1. The Morgan fingerprint density at radius 1 is 1.11 bits per heavy atom. The summed E-state index contributed by atoms with van der Waals surface area (Å²) in [7, 11) is 0. The molecule has 1 aromatic rings. The van der Waals surface area contributed by atoms with E-state index in [1.165, 1.54) is 30.4 Å². The molecular weight excluding hydrogens is 289 g/mol. The largest absolute Gasteiger partial charge is 0.294 e. The van der Waals surface area contributed by atoms with Crippen LogP contribution in [-0.4, -0.2) is 29.7 Å². The van der Waals surface area contributed by atoms with Crippen LogP contribution in [0, 0.1) is 0 Å². The maximum absolute atomic E-state index is 5.89. The van der Waals surface area contributed by atoms with Crippen molar-refractivity contribution in [2.75, 3.05) is 24.8 Å². The van der Waals surface area contributed by atoms with Crippen molar-refractivity contribution in [1.82, 2.24) is 4.90 Å². The minimum atomic E-state index is 0. The predicted octanol–water partition coefficient (Wildman–Crippen LogP) is 4.27. The van der Waals surface area contributed by atoms with E-state index in [-0.39, 0.29) is 12.4 Å². The van der Waals surface area contributed by atoms with Crippen molar-refractivity contribution >= 4 is 35.6 Å². The summed E-state index contributed by atoms with van der Waals surface area (Å²) in [5, 5.41) is 0. The summed E-state index contributed by atoms with van der Waals surface area (Å²) >= 11 is 11.8. The van der Waals surface area contributed by atoms with E-state index in [1.807, 2.05) is 0 Å². The van der Waals surface area contributed by atoms with Gasteiger partial charge in [-0.1, -0.05) is 24.3 Å². The lowest BCUT2D eigenvalue weighted by atomic mass is 9.87. The molecule has 0 bridgehead atoms. The standard InChI is InChI=1S/C14H19Cl2N.ClH/c15-8-10-17(11-9-16)14-7-3-5-12-4-1-2-6-13(12)14;/h1-2,4,6,14H,3,5,7-11H2;1H. The molecule has 4 heteroatoms. The van der Waals surface area contributed by atoms with E-state index in [0.29, 0.717) is 17.8 Å². The van der Waals surface area contributed by atoms with Crippen LogP contribution in [-0.2, 0) is 6.42 Å². The lowest BCUT2D eigenvalue weighted by Crippen LogP contribution is -2.34. The third kappa shape index (κ3) is 3.77. The van der Waals surface area contributed by atoms with Crippen LogP contribution in [0.2, 0.25) is 0 Å². The van der Waals surface area contributed by atoms with Gasteiger partial charge in [0.05, 0.1) is 0 Å². The number of fused-ring (bicyclic) bond motifs is 1. The molecule has 0 radical (unpaired) electrons. The van der Waals surface area contributed by atoms with Crippen molar-refractivity contribution in [2.24, 2.45) is 0 Å². The Balaban J connectivity index is 0.00000162. The zero-order valence-electron chi connectivity index (χ0n) is 10.4. The van der Waals surface area contributed by atoms with Crippen molar-refractivity contribution < 1.29 is 0 Å². The molecule has 102 valence electrons. The van der Waals surface area contributed by atoms with Crippen LogP contribution in [0.5, 0.6) is 0 Å². The fraction of sp³-hybridized carbons (Fsp3) is 0.571. The first-order valence-electron chi connectivity index (χ1n) is 6.30. The summed E-state index contributed by atoms with van der Waals surface area (Å²) in [6.45, 7) is 1.85. The first kappa shape index (κ1) is 16.1. The molecule has 2 rings (SSSR count). The molecule has 0 fully saturated rings. The SMILES string of the molecule is Cl.ClCCN(CCCl)C1CCCc2ccccc21. The van der Waals surface area contributed by atoms with Gasteiger partial charge in [-0.15, -0.1) is 35.6 Å². The number of alkyl halides is 2. The van der Waals surface area contributed by atoms with E-state index in [0.717, 1.165) is 13.1 Å². The highest BCUT2D eigenvalue weighted by Crippen LogP contribution is 2.33. The lowest BCUT2D eigenvalue weighted by Gasteiger charge is -2.35. The molecule has 1 aliphatic carbocycles. The van der Waals surface area contributed by atoms with E-state index in [4.69, 9.17) is 23.2 Å². The van der Waals surface area contributed by atoms with Crippen molar-refractivity contribution in [3.8, 4) is 0 Å². The quantitative estimate of drug-likeness (QED) is 0.734. The van der Waals surface area contributed by atoms with Gasteiger partial charge in [0.15, 0.2) is 0 Å². The first-order valence-corrected chi connectivity index (χ1v) is 7.37. The van der Waals surface area contributed by atoms with Gasteiger partial charge in [-0.05, 0) is 30.4 Å². The van der Waals surface area contributed by atoms with Gasteiger partial charge in [0.25, 0.3) is 0 Å². The van der Waals surface area contributed by atoms with Crippen molar-refractivity contribution in [2.45, 2.75) is 25.3 Å². The smallest absolute Gasteiger partial charge is 0.0351 e. The highest BCUT2D eigenvalue weighted by Gasteiger charge is 2.24. The number of halogens is 3. The van der Waals surface area contributed by atoms with Gasteiger partial charge in [-0.25, -0.2) is 0 Å². The van der Waals surface area contributed by atoms with Crippen LogP contribution in [0.4, 0.5) is 0 Å².